The molecule has 1 saturated carbocycles. The van der Waals surface area contributed by atoms with Gasteiger partial charge in [0.15, 0.2) is 0 Å². The summed E-state index contributed by atoms with van der Waals surface area (Å²) in [5.41, 5.74) is 1.58. The summed E-state index contributed by atoms with van der Waals surface area (Å²) in [6, 6.07) is 6.03. The number of hydrogen-bond acceptors (Lipinski definition) is 4. The van der Waals surface area contributed by atoms with Crippen LogP contribution in [0.15, 0.2) is 18.2 Å². The highest BCUT2D eigenvalue weighted by atomic mass is 19.1. The van der Waals surface area contributed by atoms with Gasteiger partial charge in [-0.15, -0.1) is 0 Å². The number of morpholine rings is 1. The van der Waals surface area contributed by atoms with Gasteiger partial charge in [0, 0.05) is 25.7 Å². The molecule has 1 heterocycles. The standard InChI is InChI=1S/C15H21FN2O2/c16-14-7-11(8-17-12-2-3-12)1-4-15(14)18-5-6-20-13(9-18)10-19/h1,4,7,12-13,17,19H,2-3,5-6,8-10H2. The van der Waals surface area contributed by atoms with Crippen LogP contribution in [0.4, 0.5) is 10.1 Å². The van der Waals surface area contributed by atoms with Crippen LogP contribution in [0.25, 0.3) is 0 Å². The minimum Gasteiger partial charge on any atom is -0.394 e. The Morgan fingerprint density at radius 1 is 1.40 bits per heavy atom. The summed E-state index contributed by atoms with van der Waals surface area (Å²) in [5, 5.41) is 12.5. The molecule has 0 amide bonds. The molecule has 0 radical (unpaired) electrons. The molecule has 0 spiro atoms. The fourth-order valence-electron chi connectivity index (χ4n) is 2.52. The van der Waals surface area contributed by atoms with E-state index in [1.807, 2.05) is 17.0 Å². The van der Waals surface area contributed by atoms with Gasteiger partial charge in [0.2, 0.25) is 0 Å². The Morgan fingerprint density at radius 3 is 2.95 bits per heavy atom. The summed E-state index contributed by atoms with van der Waals surface area (Å²) < 4.78 is 19.6. The molecule has 110 valence electrons. The predicted octanol–water partition coefficient (Wildman–Crippen LogP) is 1.28. The highest BCUT2D eigenvalue weighted by Gasteiger charge is 2.23. The van der Waals surface area contributed by atoms with Crippen LogP contribution in [0.2, 0.25) is 0 Å². The lowest BCUT2D eigenvalue weighted by atomic mass is 10.1. The minimum absolute atomic E-state index is 0.0263. The molecule has 0 aromatic heterocycles. The second-order valence-electron chi connectivity index (χ2n) is 5.56. The van der Waals surface area contributed by atoms with Gasteiger partial charge in [0.25, 0.3) is 0 Å². The molecule has 2 aliphatic rings. The van der Waals surface area contributed by atoms with Crippen molar-refractivity contribution in [3.63, 3.8) is 0 Å². The third-order valence-corrected chi connectivity index (χ3v) is 3.87. The molecule has 2 fully saturated rings. The summed E-state index contributed by atoms with van der Waals surface area (Å²) >= 11 is 0. The summed E-state index contributed by atoms with van der Waals surface area (Å²) in [4.78, 5) is 1.94. The Balaban J connectivity index is 1.66. The quantitative estimate of drug-likeness (QED) is 0.853. The van der Waals surface area contributed by atoms with E-state index in [1.165, 1.54) is 12.8 Å². The topological polar surface area (TPSA) is 44.7 Å². The molecule has 3 rings (SSSR count). The molecule has 1 aromatic rings. The van der Waals surface area contributed by atoms with E-state index in [2.05, 4.69) is 5.32 Å². The van der Waals surface area contributed by atoms with Crippen molar-refractivity contribution < 1.29 is 14.2 Å². The molecular formula is C15H21FN2O2. The van der Waals surface area contributed by atoms with Crippen molar-refractivity contribution in [2.45, 2.75) is 31.5 Å². The fraction of sp³-hybridized carbons (Fsp3) is 0.600. The first-order valence-corrected chi connectivity index (χ1v) is 7.25. The SMILES string of the molecule is OCC1CN(c2ccc(CNC3CC3)cc2F)CCO1. The Bertz CT molecular complexity index is 465. The van der Waals surface area contributed by atoms with Crippen molar-refractivity contribution >= 4 is 5.69 Å². The van der Waals surface area contributed by atoms with Gasteiger partial charge in [-0.25, -0.2) is 4.39 Å². The largest absolute Gasteiger partial charge is 0.394 e. The molecule has 0 bridgehead atoms. The van der Waals surface area contributed by atoms with Gasteiger partial charge in [-0.3, -0.25) is 0 Å². The maximum absolute atomic E-state index is 14.2. The van der Waals surface area contributed by atoms with Gasteiger partial charge in [0.05, 0.1) is 25.0 Å². The Kier molecular flexibility index (Phi) is 4.19. The average Bonchev–Trinajstić information content (AvgIpc) is 3.29. The van der Waals surface area contributed by atoms with Crippen LogP contribution in [0.3, 0.4) is 0 Å². The number of nitrogens with zero attached hydrogens (tertiary/aromatic N) is 1. The number of nitrogens with one attached hydrogen (secondary N) is 1. The number of aliphatic hydroxyl groups is 1. The molecule has 5 heteroatoms. The Labute approximate surface area is 118 Å². The van der Waals surface area contributed by atoms with Gasteiger partial charge in [-0.05, 0) is 30.5 Å². The highest BCUT2D eigenvalue weighted by molar-refractivity contribution is 5.49. The van der Waals surface area contributed by atoms with E-state index < -0.39 is 0 Å². The number of rotatable bonds is 5. The first-order valence-electron chi connectivity index (χ1n) is 7.25. The number of halogens is 1. The third-order valence-electron chi connectivity index (χ3n) is 3.87. The van der Waals surface area contributed by atoms with Crippen molar-refractivity contribution in [2.24, 2.45) is 0 Å². The van der Waals surface area contributed by atoms with Crippen LogP contribution < -0.4 is 10.2 Å². The van der Waals surface area contributed by atoms with Crippen LogP contribution in [-0.2, 0) is 11.3 Å². The zero-order valence-corrected chi connectivity index (χ0v) is 11.5. The Hall–Kier alpha value is -1.17. The fourth-order valence-corrected chi connectivity index (χ4v) is 2.52. The summed E-state index contributed by atoms with van der Waals surface area (Å²) in [5.74, 6) is -0.196. The van der Waals surface area contributed by atoms with Crippen LogP contribution in [0, 0.1) is 5.82 Å². The van der Waals surface area contributed by atoms with Crippen molar-refractivity contribution in [3.8, 4) is 0 Å². The molecule has 1 atom stereocenters. The molecule has 1 aromatic carbocycles. The lowest BCUT2D eigenvalue weighted by Gasteiger charge is -2.34. The number of benzene rings is 1. The van der Waals surface area contributed by atoms with Gasteiger partial charge < -0.3 is 20.1 Å². The van der Waals surface area contributed by atoms with E-state index in [-0.39, 0.29) is 18.5 Å². The van der Waals surface area contributed by atoms with Crippen LogP contribution in [0.5, 0.6) is 0 Å². The zero-order chi connectivity index (χ0) is 13.9. The molecule has 1 saturated heterocycles. The van der Waals surface area contributed by atoms with E-state index in [9.17, 15) is 4.39 Å². The number of aliphatic hydroxyl groups excluding tert-OH is 1. The van der Waals surface area contributed by atoms with Gasteiger partial charge in [-0.1, -0.05) is 6.07 Å². The van der Waals surface area contributed by atoms with Crippen LogP contribution >= 0.6 is 0 Å². The average molecular weight is 280 g/mol. The summed E-state index contributed by atoms with van der Waals surface area (Å²) in [6.07, 6.45) is 2.24. The number of anilines is 1. The monoisotopic (exact) mass is 280 g/mol. The van der Waals surface area contributed by atoms with Crippen molar-refractivity contribution in [1.29, 1.82) is 0 Å². The van der Waals surface area contributed by atoms with E-state index in [0.717, 1.165) is 12.1 Å². The van der Waals surface area contributed by atoms with Crippen molar-refractivity contribution in [3.05, 3.63) is 29.6 Å². The first kappa shape index (κ1) is 13.8. The second kappa shape index (κ2) is 6.08. The second-order valence-corrected chi connectivity index (χ2v) is 5.56. The normalized spacial score (nSPS) is 23.1. The lowest BCUT2D eigenvalue weighted by molar-refractivity contribution is 0.00341. The van der Waals surface area contributed by atoms with E-state index in [4.69, 9.17) is 9.84 Å². The van der Waals surface area contributed by atoms with Gasteiger partial charge >= 0.3 is 0 Å². The van der Waals surface area contributed by atoms with Crippen molar-refractivity contribution in [1.82, 2.24) is 5.32 Å². The highest BCUT2D eigenvalue weighted by Crippen LogP contribution is 2.24. The molecule has 2 N–H and O–H groups in total. The van der Waals surface area contributed by atoms with E-state index in [1.54, 1.807) is 6.07 Å². The zero-order valence-electron chi connectivity index (χ0n) is 11.5. The first-order chi connectivity index (χ1) is 9.76. The van der Waals surface area contributed by atoms with Gasteiger partial charge in [-0.2, -0.15) is 0 Å². The molecule has 1 aliphatic carbocycles. The smallest absolute Gasteiger partial charge is 0.146 e. The van der Waals surface area contributed by atoms with Crippen LogP contribution in [-0.4, -0.2) is 43.6 Å². The maximum atomic E-state index is 14.2. The molecule has 4 nitrogen and oxygen atoms in total. The third kappa shape index (κ3) is 3.29. The molecular weight excluding hydrogens is 259 g/mol. The summed E-state index contributed by atoms with van der Waals surface area (Å²) in [7, 11) is 0. The van der Waals surface area contributed by atoms with Crippen LogP contribution in [0.1, 0.15) is 18.4 Å². The Morgan fingerprint density at radius 2 is 2.25 bits per heavy atom. The lowest BCUT2D eigenvalue weighted by Crippen LogP contribution is -2.44. The predicted molar refractivity (Wildman–Crippen MR) is 75.3 cm³/mol. The minimum atomic E-state index is -0.223. The summed E-state index contributed by atoms with van der Waals surface area (Å²) in [6.45, 7) is 2.42. The van der Waals surface area contributed by atoms with Gasteiger partial charge in [0.1, 0.15) is 5.82 Å². The maximum Gasteiger partial charge on any atom is 0.146 e. The molecule has 1 aliphatic heterocycles. The molecule has 20 heavy (non-hydrogen) atoms. The number of ether oxygens (including phenoxy) is 1. The number of hydrogen-bond donors (Lipinski definition) is 2. The molecule has 1 unspecified atom stereocenters. The van der Waals surface area contributed by atoms with E-state index in [0.29, 0.717) is 31.4 Å². The van der Waals surface area contributed by atoms with E-state index >= 15 is 0 Å². The van der Waals surface area contributed by atoms with Crippen molar-refractivity contribution in [2.75, 3.05) is 31.2 Å².